The molecule has 0 radical (unpaired) electrons. The van der Waals surface area contributed by atoms with E-state index in [9.17, 15) is 5.26 Å². The molecule has 0 amide bonds. The number of halogens is 1. The van der Waals surface area contributed by atoms with Crippen molar-refractivity contribution < 1.29 is 4.74 Å². The summed E-state index contributed by atoms with van der Waals surface area (Å²) in [5.41, 5.74) is 6.77. The highest BCUT2D eigenvalue weighted by atomic mass is 79.9. The SMILES string of the molecule is CCCOc1ccc(Br)cc1/C=C(\C#N)c1nc(N)nc(N(C)C)n1. The fourth-order valence-corrected chi connectivity index (χ4v) is 2.36. The van der Waals surface area contributed by atoms with Gasteiger partial charge in [0, 0.05) is 24.1 Å². The van der Waals surface area contributed by atoms with Gasteiger partial charge in [-0.25, -0.2) is 0 Å². The van der Waals surface area contributed by atoms with Gasteiger partial charge in [-0.3, -0.25) is 0 Å². The van der Waals surface area contributed by atoms with Crippen LogP contribution in [-0.2, 0) is 0 Å². The third-order valence-corrected chi connectivity index (χ3v) is 3.63. The van der Waals surface area contributed by atoms with Gasteiger partial charge in [-0.05, 0) is 30.7 Å². The van der Waals surface area contributed by atoms with E-state index in [1.807, 2.05) is 25.1 Å². The molecule has 2 aromatic rings. The highest BCUT2D eigenvalue weighted by Crippen LogP contribution is 2.27. The Bertz CT molecular complexity index is 828. The topological polar surface area (TPSA) is 101 Å². The van der Waals surface area contributed by atoms with E-state index in [0.29, 0.717) is 18.3 Å². The molecule has 1 aromatic carbocycles. The molecule has 0 unspecified atom stereocenters. The van der Waals surface area contributed by atoms with Crippen LogP contribution in [0.15, 0.2) is 22.7 Å². The van der Waals surface area contributed by atoms with Crippen LogP contribution in [0, 0.1) is 11.3 Å². The molecule has 8 heteroatoms. The van der Waals surface area contributed by atoms with Gasteiger partial charge in [-0.15, -0.1) is 0 Å². The molecule has 1 heterocycles. The minimum atomic E-state index is 0.0616. The molecule has 7 nitrogen and oxygen atoms in total. The largest absolute Gasteiger partial charge is 0.493 e. The van der Waals surface area contributed by atoms with Crippen molar-refractivity contribution in [2.24, 2.45) is 0 Å². The summed E-state index contributed by atoms with van der Waals surface area (Å²) in [6.07, 6.45) is 2.57. The molecular weight excluding hydrogens is 384 g/mol. The number of ether oxygens (including phenoxy) is 1. The quantitative estimate of drug-likeness (QED) is 0.740. The Morgan fingerprint density at radius 3 is 2.76 bits per heavy atom. The van der Waals surface area contributed by atoms with Crippen molar-refractivity contribution in [1.29, 1.82) is 5.26 Å². The highest BCUT2D eigenvalue weighted by Gasteiger charge is 2.12. The second kappa shape index (κ2) is 8.44. The predicted octanol–water partition coefficient (Wildman–Crippen LogP) is 3.14. The first-order valence-electron chi connectivity index (χ1n) is 7.68. The summed E-state index contributed by atoms with van der Waals surface area (Å²) in [5, 5.41) is 9.57. The maximum absolute atomic E-state index is 9.57. The van der Waals surface area contributed by atoms with Crippen molar-refractivity contribution in [1.82, 2.24) is 15.0 Å². The average Bonchev–Trinajstić information content (AvgIpc) is 2.58. The van der Waals surface area contributed by atoms with E-state index in [1.165, 1.54) is 0 Å². The zero-order valence-electron chi connectivity index (χ0n) is 14.3. The van der Waals surface area contributed by atoms with Gasteiger partial charge in [-0.2, -0.15) is 20.2 Å². The summed E-state index contributed by atoms with van der Waals surface area (Å²) in [7, 11) is 3.58. The molecule has 130 valence electrons. The molecule has 0 saturated heterocycles. The van der Waals surface area contributed by atoms with Crippen LogP contribution >= 0.6 is 15.9 Å². The molecular formula is C17H19BrN6O. The van der Waals surface area contributed by atoms with Gasteiger partial charge in [0.05, 0.1) is 12.2 Å². The maximum atomic E-state index is 9.57. The first-order valence-corrected chi connectivity index (χ1v) is 8.47. The second-order valence-corrected chi connectivity index (χ2v) is 6.33. The number of allylic oxidation sites excluding steroid dienone is 1. The van der Waals surface area contributed by atoms with Gasteiger partial charge in [-0.1, -0.05) is 22.9 Å². The van der Waals surface area contributed by atoms with Crippen LogP contribution in [0.2, 0.25) is 0 Å². The van der Waals surface area contributed by atoms with Crippen molar-refractivity contribution in [3.63, 3.8) is 0 Å². The Morgan fingerprint density at radius 1 is 1.36 bits per heavy atom. The van der Waals surface area contributed by atoms with E-state index in [-0.39, 0.29) is 17.3 Å². The molecule has 0 bridgehead atoms. The number of hydrogen-bond acceptors (Lipinski definition) is 7. The minimum absolute atomic E-state index is 0.0616. The van der Waals surface area contributed by atoms with Crippen LogP contribution in [0.3, 0.4) is 0 Å². The first-order chi connectivity index (χ1) is 11.9. The fraction of sp³-hybridized carbons (Fsp3) is 0.294. The van der Waals surface area contributed by atoms with Gasteiger partial charge >= 0.3 is 0 Å². The van der Waals surface area contributed by atoms with E-state index in [0.717, 1.165) is 16.5 Å². The lowest BCUT2D eigenvalue weighted by atomic mass is 10.1. The Balaban J connectivity index is 2.51. The lowest BCUT2D eigenvalue weighted by molar-refractivity contribution is 0.317. The molecule has 0 saturated carbocycles. The Hall–Kier alpha value is -2.66. The van der Waals surface area contributed by atoms with Crippen molar-refractivity contribution in [3.05, 3.63) is 34.1 Å². The standard InChI is InChI=1S/C17H19BrN6O/c1-4-7-25-14-6-5-13(18)9-11(14)8-12(10-19)15-21-16(20)23-17(22-15)24(2)3/h5-6,8-9H,4,7H2,1-3H3,(H2,20,21,22,23)/b12-8+. The third kappa shape index (κ3) is 4.90. The van der Waals surface area contributed by atoms with Crippen molar-refractivity contribution in [2.45, 2.75) is 13.3 Å². The van der Waals surface area contributed by atoms with Gasteiger partial charge < -0.3 is 15.4 Å². The molecule has 2 N–H and O–H groups in total. The Labute approximate surface area is 155 Å². The molecule has 0 atom stereocenters. The van der Waals surface area contributed by atoms with Gasteiger partial charge in [0.15, 0.2) is 5.82 Å². The minimum Gasteiger partial charge on any atom is -0.493 e. The Morgan fingerprint density at radius 2 is 2.12 bits per heavy atom. The number of benzene rings is 1. The van der Waals surface area contributed by atoms with Crippen molar-refractivity contribution >= 4 is 39.5 Å². The summed E-state index contributed by atoms with van der Waals surface area (Å²) in [4.78, 5) is 14.1. The van der Waals surface area contributed by atoms with E-state index in [2.05, 4.69) is 37.0 Å². The number of nitrogens with two attached hydrogens (primary N) is 1. The van der Waals surface area contributed by atoms with Crippen LogP contribution < -0.4 is 15.4 Å². The van der Waals surface area contributed by atoms with Crippen LogP contribution in [-0.4, -0.2) is 35.7 Å². The van der Waals surface area contributed by atoms with E-state index >= 15 is 0 Å². The number of aromatic nitrogens is 3. The highest BCUT2D eigenvalue weighted by molar-refractivity contribution is 9.10. The summed E-state index contributed by atoms with van der Waals surface area (Å²) < 4.78 is 6.63. The number of rotatable bonds is 6. The fourth-order valence-electron chi connectivity index (χ4n) is 1.98. The zero-order chi connectivity index (χ0) is 18.4. The van der Waals surface area contributed by atoms with E-state index in [4.69, 9.17) is 10.5 Å². The molecule has 0 aliphatic rings. The molecule has 2 rings (SSSR count). The number of anilines is 2. The number of nitrogens with zero attached hydrogens (tertiary/aromatic N) is 5. The smallest absolute Gasteiger partial charge is 0.230 e. The van der Waals surface area contributed by atoms with Crippen LogP contribution in [0.25, 0.3) is 11.6 Å². The number of nitriles is 1. The molecule has 25 heavy (non-hydrogen) atoms. The third-order valence-electron chi connectivity index (χ3n) is 3.14. The van der Waals surface area contributed by atoms with Crippen LogP contribution in [0.5, 0.6) is 5.75 Å². The van der Waals surface area contributed by atoms with E-state index < -0.39 is 0 Å². The summed E-state index contributed by atoms with van der Waals surface area (Å²) in [6, 6.07) is 7.74. The zero-order valence-corrected chi connectivity index (χ0v) is 15.9. The summed E-state index contributed by atoms with van der Waals surface area (Å²) in [5.74, 6) is 1.36. The number of hydrogen-bond donors (Lipinski definition) is 1. The van der Waals surface area contributed by atoms with Gasteiger partial charge in [0.25, 0.3) is 0 Å². The molecule has 0 fully saturated rings. The molecule has 0 spiro atoms. The van der Waals surface area contributed by atoms with Crippen molar-refractivity contribution in [3.8, 4) is 11.8 Å². The van der Waals surface area contributed by atoms with Crippen LogP contribution in [0.1, 0.15) is 24.7 Å². The number of nitrogen functional groups attached to an aromatic ring is 1. The predicted molar refractivity (Wildman–Crippen MR) is 102 cm³/mol. The monoisotopic (exact) mass is 402 g/mol. The maximum Gasteiger partial charge on any atom is 0.230 e. The normalized spacial score (nSPS) is 11.1. The van der Waals surface area contributed by atoms with Crippen LogP contribution in [0.4, 0.5) is 11.9 Å². The molecule has 0 aliphatic heterocycles. The molecule has 1 aromatic heterocycles. The summed E-state index contributed by atoms with van der Waals surface area (Å²) in [6.45, 7) is 2.62. The van der Waals surface area contributed by atoms with Crippen molar-refractivity contribution in [2.75, 3.05) is 31.3 Å². The van der Waals surface area contributed by atoms with Gasteiger partial charge in [0.1, 0.15) is 11.8 Å². The van der Waals surface area contributed by atoms with Gasteiger partial charge in [0.2, 0.25) is 11.9 Å². The van der Waals surface area contributed by atoms with E-state index in [1.54, 1.807) is 25.1 Å². The lowest BCUT2D eigenvalue weighted by Gasteiger charge is -2.12. The lowest BCUT2D eigenvalue weighted by Crippen LogP contribution is -2.15. The summed E-state index contributed by atoms with van der Waals surface area (Å²) >= 11 is 3.44. The Kier molecular flexibility index (Phi) is 6.31. The molecule has 0 aliphatic carbocycles. The first kappa shape index (κ1) is 18.7. The average molecular weight is 403 g/mol. The second-order valence-electron chi connectivity index (χ2n) is 5.41.